The number of aliphatic hydroxyl groups is 1. The van der Waals surface area contributed by atoms with Crippen LogP contribution < -0.4 is 4.90 Å². The lowest BCUT2D eigenvalue weighted by molar-refractivity contribution is 0.132. The van der Waals surface area contributed by atoms with Crippen LogP contribution >= 0.6 is 11.3 Å². The van der Waals surface area contributed by atoms with Gasteiger partial charge in [0.2, 0.25) is 0 Å². The molecule has 2 N–H and O–H groups in total. The summed E-state index contributed by atoms with van der Waals surface area (Å²) in [6, 6.07) is 0. The lowest BCUT2D eigenvalue weighted by Gasteiger charge is -2.30. The number of amides is 1. The van der Waals surface area contributed by atoms with E-state index in [0.717, 1.165) is 43.9 Å². The third kappa shape index (κ3) is 3.29. The van der Waals surface area contributed by atoms with Crippen LogP contribution in [0.2, 0.25) is 0 Å². The quantitative estimate of drug-likeness (QED) is 0.873. The molecular formula is C14H21N3O3S. The van der Waals surface area contributed by atoms with Crippen LogP contribution in [0.25, 0.3) is 0 Å². The first-order valence-corrected chi connectivity index (χ1v) is 8.31. The molecule has 0 saturated carbocycles. The van der Waals surface area contributed by atoms with Crippen molar-refractivity contribution in [2.45, 2.75) is 37.7 Å². The first kappa shape index (κ1) is 14.6. The van der Waals surface area contributed by atoms with E-state index in [0.29, 0.717) is 19.0 Å². The van der Waals surface area contributed by atoms with Crippen LogP contribution in [0, 0.1) is 0 Å². The van der Waals surface area contributed by atoms with Gasteiger partial charge in [-0.25, -0.2) is 9.78 Å². The molecule has 1 amide bonds. The lowest BCUT2D eigenvalue weighted by atomic mass is 9.96. The number of thiazole rings is 1. The summed E-state index contributed by atoms with van der Waals surface area (Å²) < 4.78 is 0. The minimum Gasteiger partial charge on any atom is -0.465 e. The highest BCUT2D eigenvalue weighted by Gasteiger charge is 2.26. The van der Waals surface area contributed by atoms with Gasteiger partial charge in [0.1, 0.15) is 0 Å². The monoisotopic (exact) mass is 311 g/mol. The van der Waals surface area contributed by atoms with Crippen LogP contribution in [0.5, 0.6) is 0 Å². The van der Waals surface area contributed by atoms with E-state index in [9.17, 15) is 9.90 Å². The summed E-state index contributed by atoms with van der Waals surface area (Å²) >= 11 is 1.72. The average Bonchev–Trinajstić information content (AvgIpc) is 2.98. The van der Waals surface area contributed by atoms with Gasteiger partial charge < -0.3 is 20.0 Å². The maximum absolute atomic E-state index is 10.9. The largest absolute Gasteiger partial charge is 0.465 e. The standard InChI is InChI=1S/C14H21N3O3S/c18-11-3-7-16(8-4-11)13-15-9-12(21-13)10-1-5-17(6-2-10)14(19)20/h9-11,18H,1-8H2,(H,19,20). The van der Waals surface area contributed by atoms with Crippen LogP contribution in [0.15, 0.2) is 6.20 Å². The molecule has 1 aromatic heterocycles. The maximum atomic E-state index is 10.9. The van der Waals surface area contributed by atoms with Crippen molar-refractivity contribution in [1.29, 1.82) is 0 Å². The van der Waals surface area contributed by atoms with Crippen LogP contribution in [-0.2, 0) is 0 Å². The summed E-state index contributed by atoms with van der Waals surface area (Å²) in [6.07, 6.45) is 4.36. The summed E-state index contributed by atoms with van der Waals surface area (Å²) in [5, 5.41) is 19.6. The van der Waals surface area contributed by atoms with Gasteiger partial charge in [0, 0.05) is 37.3 Å². The molecule has 0 atom stereocenters. The minimum absolute atomic E-state index is 0.166. The highest BCUT2D eigenvalue weighted by Crippen LogP contribution is 2.35. The molecule has 3 heterocycles. The molecule has 116 valence electrons. The van der Waals surface area contributed by atoms with Crippen molar-refractivity contribution in [3.05, 3.63) is 11.1 Å². The first-order valence-electron chi connectivity index (χ1n) is 7.50. The van der Waals surface area contributed by atoms with Gasteiger partial charge in [-0.05, 0) is 31.6 Å². The Kier molecular flexibility index (Phi) is 4.30. The summed E-state index contributed by atoms with van der Waals surface area (Å²) in [4.78, 5) is 20.4. The van der Waals surface area contributed by atoms with Gasteiger partial charge in [-0.15, -0.1) is 11.3 Å². The third-order valence-corrected chi connectivity index (χ3v) is 5.63. The van der Waals surface area contributed by atoms with Crippen molar-refractivity contribution in [3.63, 3.8) is 0 Å². The minimum atomic E-state index is -0.815. The van der Waals surface area contributed by atoms with Crippen LogP contribution in [0.1, 0.15) is 36.5 Å². The molecule has 1 aromatic rings. The Labute approximate surface area is 128 Å². The number of piperidine rings is 2. The second-order valence-corrected chi connectivity index (χ2v) is 6.85. The Morgan fingerprint density at radius 1 is 1.19 bits per heavy atom. The Hall–Kier alpha value is -1.34. The molecule has 0 aliphatic carbocycles. The number of carbonyl (C=O) groups is 1. The number of nitrogens with zero attached hydrogens (tertiary/aromatic N) is 3. The van der Waals surface area contributed by atoms with Crippen molar-refractivity contribution >= 4 is 22.6 Å². The highest BCUT2D eigenvalue weighted by molar-refractivity contribution is 7.15. The number of carboxylic acid groups (broad SMARTS) is 1. The fourth-order valence-corrected chi connectivity index (χ4v) is 4.16. The lowest BCUT2D eigenvalue weighted by Crippen LogP contribution is -2.36. The van der Waals surface area contributed by atoms with Gasteiger partial charge in [-0.1, -0.05) is 0 Å². The van der Waals surface area contributed by atoms with E-state index in [2.05, 4.69) is 9.88 Å². The van der Waals surface area contributed by atoms with Crippen molar-refractivity contribution in [3.8, 4) is 0 Å². The zero-order chi connectivity index (χ0) is 14.8. The van der Waals surface area contributed by atoms with Crippen molar-refractivity contribution in [2.24, 2.45) is 0 Å². The van der Waals surface area contributed by atoms with Crippen LogP contribution in [0.3, 0.4) is 0 Å². The smallest absolute Gasteiger partial charge is 0.407 e. The number of likely N-dealkylation sites (tertiary alicyclic amines) is 1. The maximum Gasteiger partial charge on any atom is 0.407 e. The van der Waals surface area contributed by atoms with Gasteiger partial charge >= 0.3 is 6.09 Å². The van der Waals surface area contributed by atoms with E-state index in [1.165, 1.54) is 9.78 Å². The van der Waals surface area contributed by atoms with E-state index in [4.69, 9.17) is 5.11 Å². The molecule has 0 radical (unpaired) electrons. The summed E-state index contributed by atoms with van der Waals surface area (Å²) in [5.74, 6) is 0.433. The third-order valence-electron chi connectivity index (χ3n) is 4.41. The second-order valence-electron chi connectivity index (χ2n) is 5.81. The predicted octanol–water partition coefficient (Wildman–Crippen LogP) is 1.96. The molecular weight excluding hydrogens is 290 g/mol. The molecule has 7 heteroatoms. The molecule has 2 saturated heterocycles. The SMILES string of the molecule is O=C(O)N1CCC(c2cnc(N3CCC(O)CC3)s2)CC1. The fraction of sp³-hybridized carbons (Fsp3) is 0.714. The molecule has 6 nitrogen and oxygen atoms in total. The number of anilines is 1. The van der Waals surface area contributed by atoms with E-state index in [-0.39, 0.29) is 6.10 Å². The van der Waals surface area contributed by atoms with Crippen molar-refractivity contribution in [1.82, 2.24) is 9.88 Å². The van der Waals surface area contributed by atoms with E-state index in [1.54, 1.807) is 11.3 Å². The zero-order valence-corrected chi connectivity index (χ0v) is 12.8. The van der Waals surface area contributed by atoms with E-state index < -0.39 is 6.09 Å². The number of aromatic nitrogens is 1. The molecule has 2 fully saturated rings. The Morgan fingerprint density at radius 2 is 1.86 bits per heavy atom. The predicted molar refractivity (Wildman–Crippen MR) is 81.1 cm³/mol. The number of aliphatic hydroxyl groups excluding tert-OH is 1. The van der Waals surface area contributed by atoms with Crippen LogP contribution in [0.4, 0.5) is 9.93 Å². The van der Waals surface area contributed by atoms with Gasteiger partial charge in [0.05, 0.1) is 6.10 Å². The Bertz CT molecular complexity index is 491. The zero-order valence-electron chi connectivity index (χ0n) is 11.9. The summed E-state index contributed by atoms with van der Waals surface area (Å²) in [6.45, 7) is 2.96. The topological polar surface area (TPSA) is 76.9 Å². The van der Waals surface area contributed by atoms with Crippen molar-refractivity contribution < 1.29 is 15.0 Å². The van der Waals surface area contributed by atoms with Gasteiger partial charge in [-0.2, -0.15) is 0 Å². The highest BCUT2D eigenvalue weighted by atomic mass is 32.1. The fourth-order valence-electron chi connectivity index (χ4n) is 3.02. The molecule has 0 spiro atoms. The van der Waals surface area contributed by atoms with E-state index in [1.807, 2.05) is 6.20 Å². The molecule has 2 aliphatic heterocycles. The summed E-state index contributed by atoms with van der Waals surface area (Å²) in [7, 11) is 0. The molecule has 21 heavy (non-hydrogen) atoms. The normalized spacial score (nSPS) is 21.8. The molecule has 2 aliphatic rings. The van der Waals surface area contributed by atoms with Crippen molar-refractivity contribution in [2.75, 3.05) is 31.1 Å². The molecule has 0 aromatic carbocycles. The van der Waals surface area contributed by atoms with Crippen LogP contribution in [-0.4, -0.2) is 58.5 Å². The Morgan fingerprint density at radius 3 is 2.48 bits per heavy atom. The second kappa shape index (κ2) is 6.19. The molecule has 0 bridgehead atoms. The molecule has 3 rings (SSSR count). The number of rotatable bonds is 2. The van der Waals surface area contributed by atoms with E-state index >= 15 is 0 Å². The van der Waals surface area contributed by atoms with Gasteiger partial charge in [0.15, 0.2) is 5.13 Å². The van der Waals surface area contributed by atoms with Gasteiger partial charge in [0.25, 0.3) is 0 Å². The Balaban J connectivity index is 1.59. The number of hydrogen-bond acceptors (Lipinski definition) is 5. The average molecular weight is 311 g/mol. The molecule has 0 unspecified atom stereocenters. The summed E-state index contributed by atoms with van der Waals surface area (Å²) in [5.41, 5.74) is 0. The number of hydrogen-bond donors (Lipinski definition) is 2. The van der Waals surface area contributed by atoms with Gasteiger partial charge in [-0.3, -0.25) is 0 Å². The first-order chi connectivity index (χ1) is 10.1.